The zero-order valence-corrected chi connectivity index (χ0v) is 19.3. The monoisotopic (exact) mass is 543 g/mol. The summed E-state index contributed by atoms with van der Waals surface area (Å²) < 4.78 is 26.5. The second-order valence-corrected chi connectivity index (χ2v) is 7.71. The Bertz CT molecular complexity index is 1180. The number of halogens is 2. The summed E-state index contributed by atoms with van der Waals surface area (Å²) >= 11 is 2.15. The van der Waals surface area contributed by atoms with Crippen molar-refractivity contribution in [2.75, 3.05) is 6.61 Å². The molecule has 0 aliphatic carbocycles. The molecule has 0 aliphatic heterocycles. The van der Waals surface area contributed by atoms with Crippen LogP contribution in [0.25, 0.3) is 0 Å². The van der Waals surface area contributed by atoms with Gasteiger partial charge in [-0.1, -0.05) is 30.3 Å². The van der Waals surface area contributed by atoms with Crippen molar-refractivity contribution in [2.45, 2.75) is 13.5 Å². The Morgan fingerprint density at radius 3 is 2.66 bits per heavy atom. The van der Waals surface area contributed by atoms with Crippen LogP contribution in [0.2, 0.25) is 0 Å². The van der Waals surface area contributed by atoms with Gasteiger partial charge in [0.1, 0.15) is 12.4 Å². The van der Waals surface area contributed by atoms with Gasteiger partial charge in [-0.2, -0.15) is 10.4 Å². The van der Waals surface area contributed by atoms with Gasteiger partial charge in [-0.25, -0.2) is 9.82 Å². The molecule has 3 aromatic carbocycles. The Balaban J connectivity index is 1.73. The number of rotatable bonds is 8. The predicted octanol–water partition coefficient (Wildman–Crippen LogP) is 5.04. The Labute approximate surface area is 198 Å². The van der Waals surface area contributed by atoms with Crippen molar-refractivity contribution in [1.82, 2.24) is 5.43 Å². The average molecular weight is 543 g/mol. The fourth-order valence-electron chi connectivity index (χ4n) is 2.79. The van der Waals surface area contributed by atoms with Crippen LogP contribution in [0.5, 0.6) is 11.5 Å². The minimum atomic E-state index is -0.787. The maximum atomic E-state index is 14.0. The number of benzene rings is 3. The van der Waals surface area contributed by atoms with E-state index in [2.05, 4.69) is 33.1 Å². The molecule has 32 heavy (non-hydrogen) atoms. The van der Waals surface area contributed by atoms with Gasteiger partial charge in [0.25, 0.3) is 5.91 Å². The second-order valence-electron chi connectivity index (χ2n) is 6.54. The van der Waals surface area contributed by atoms with Gasteiger partial charge in [0.05, 0.1) is 33.6 Å². The van der Waals surface area contributed by atoms with Crippen LogP contribution in [0.1, 0.15) is 34.0 Å². The molecule has 0 unspecified atom stereocenters. The lowest BCUT2D eigenvalue weighted by atomic mass is 10.1. The van der Waals surface area contributed by atoms with Gasteiger partial charge >= 0.3 is 0 Å². The number of hydrogen-bond acceptors (Lipinski definition) is 5. The molecule has 0 aromatic heterocycles. The van der Waals surface area contributed by atoms with Crippen molar-refractivity contribution in [3.63, 3.8) is 0 Å². The molecule has 8 heteroatoms. The largest absolute Gasteiger partial charge is 0.490 e. The Kier molecular flexibility index (Phi) is 8.16. The quantitative estimate of drug-likeness (QED) is 0.245. The summed E-state index contributed by atoms with van der Waals surface area (Å²) in [5.74, 6) is -0.325. The summed E-state index contributed by atoms with van der Waals surface area (Å²) in [5.41, 5.74) is 3.93. The normalized spacial score (nSPS) is 10.6. The van der Waals surface area contributed by atoms with Crippen molar-refractivity contribution in [3.8, 4) is 17.6 Å². The first kappa shape index (κ1) is 23.2. The molecule has 3 aromatic rings. The molecule has 0 saturated carbocycles. The third-order valence-corrected chi connectivity index (χ3v) is 5.08. The van der Waals surface area contributed by atoms with E-state index in [1.165, 1.54) is 18.3 Å². The van der Waals surface area contributed by atoms with E-state index in [0.717, 1.165) is 15.2 Å². The summed E-state index contributed by atoms with van der Waals surface area (Å²) in [7, 11) is 0. The zero-order valence-electron chi connectivity index (χ0n) is 17.1. The van der Waals surface area contributed by atoms with E-state index in [-0.39, 0.29) is 11.1 Å². The number of carbonyl (C=O) groups excluding carboxylic acids is 1. The number of ether oxygens (including phenoxy) is 2. The molecular formula is C24H19FIN3O3. The first-order valence-corrected chi connectivity index (χ1v) is 10.8. The summed E-state index contributed by atoms with van der Waals surface area (Å²) in [6.07, 6.45) is 1.44. The van der Waals surface area contributed by atoms with Gasteiger partial charge in [0, 0.05) is 0 Å². The highest BCUT2D eigenvalue weighted by Crippen LogP contribution is 2.34. The fourth-order valence-corrected chi connectivity index (χ4v) is 3.57. The van der Waals surface area contributed by atoms with Gasteiger partial charge in [0.2, 0.25) is 0 Å². The molecule has 3 rings (SSSR count). The van der Waals surface area contributed by atoms with Crippen molar-refractivity contribution >= 4 is 34.7 Å². The van der Waals surface area contributed by atoms with Crippen LogP contribution >= 0.6 is 22.6 Å². The van der Waals surface area contributed by atoms with Crippen molar-refractivity contribution in [2.24, 2.45) is 5.10 Å². The highest BCUT2D eigenvalue weighted by atomic mass is 127. The van der Waals surface area contributed by atoms with Crippen molar-refractivity contribution in [1.29, 1.82) is 5.26 Å². The first-order chi connectivity index (χ1) is 15.5. The Hall–Kier alpha value is -3.45. The van der Waals surface area contributed by atoms with Gasteiger partial charge in [-0.05, 0) is 71.0 Å². The van der Waals surface area contributed by atoms with Crippen molar-refractivity contribution < 1.29 is 18.7 Å². The molecule has 0 radical (unpaired) electrons. The van der Waals surface area contributed by atoms with Gasteiger partial charge in [-0.3, -0.25) is 4.79 Å². The van der Waals surface area contributed by atoms with Crippen molar-refractivity contribution in [3.05, 3.63) is 92.3 Å². The van der Waals surface area contributed by atoms with Crippen LogP contribution in [0.3, 0.4) is 0 Å². The summed E-state index contributed by atoms with van der Waals surface area (Å²) in [6, 6.07) is 18.8. The van der Waals surface area contributed by atoms with Gasteiger partial charge in [0.15, 0.2) is 11.5 Å². The lowest BCUT2D eigenvalue weighted by molar-refractivity contribution is 0.0951. The number of amides is 1. The summed E-state index contributed by atoms with van der Waals surface area (Å²) in [4.78, 5) is 12.2. The molecular weight excluding hydrogens is 524 g/mol. The first-order valence-electron chi connectivity index (χ1n) is 9.68. The van der Waals surface area contributed by atoms with Crippen LogP contribution in [-0.4, -0.2) is 18.7 Å². The summed E-state index contributed by atoms with van der Waals surface area (Å²) in [6.45, 7) is 2.73. The Morgan fingerprint density at radius 1 is 1.19 bits per heavy atom. The highest BCUT2D eigenvalue weighted by molar-refractivity contribution is 14.1. The van der Waals surface area contributed by atoms with E-state index in [1.54, 1.807) is 6.07 Å². The molecule has 162 valence electrons. The molecule has 0 saturated heterocycles. The van der Waals surface area contributed by atoms with Crippen LogP contribution in [0, 0.1) is 20.7 Å². The minimum Gasteiger partial charge on any atom is -0.490 e. The maximum Gasteiger partial charge on any atom is 0.274 e. The third kappa shape index (κ3) is 6.04. The second kappa shape index (κ2) is 11.2. The van der Waals surface area contributed by atoms with Gasteiger partial charge in [-0.15, -0.1) is 0 Å². The molecule has 0 fully saturated rings. The average Bonchev–Trinajstić information content (AvgIpc) is 2.79. The van der Waals surface area contributed by atoms with Crippen LogP contribution in [0.4, 0.5) is 4.39 Å². The molecule has 1 N–H and O–H groups in total. The minimum absolute atomic E-state index is 0.134. The summed E-state index contributed by atoms with van der Waals surface area (Å²) in [5, 5.41) is 12.7. The molecule has 0 spiro atoms. The SMILES string of the molecule is CCOc1cc(/C=N\NC(=O)c2ccc(C#N)cc2F)cc(I)c1OCc1ccccc1. The van der Waals surface area contributed by atoms with E-state index in [0.29, 0.717) is 30.3 Å². The molecule has 0 aliphatic rings. The van der Waals surface area contributed by atoms with E-state index >= 15 is 0 Å². The number of hydrogen-bond donors (Lipinski definition) is 1. The molecule has 0 bridgehead atoms. The number of carbonyl (C=O) groups is 1. The standard InChI is InChI=1S/C24H19FIN3O3/c1-2-31-22-12-18(11-21(26)23(22)32-15-16-6-4-3-5-7-16)14-28-29-24(30)19-9-8-17(13-27)10-20(19)25/h3-12,14H,2,15H2,1H3,(H,29,30)/b28-14-. The topological polar surface area (TPSA) is 83.7 Å². The van der Waals surface area contributed by atoms with E-state index < -0.39 is 11.7 Å². The fraction of sp³-hybridized carbons (Fsp3) is 0.125. The van der Waals surface area contributed by atoms with Gasteiger partial charge < -0.3 is 9.47 Å². The molecule has 0 heterocycles. The van der Waals surface area contributed by atoms with E-state index in [4.69, 9.17) is 14.7 Å². The van der Waals surface area contributed by atoms with Crippen LogP contribution in [0.15, 0.2) is 65.8 Å². The lowest BCUT2D eigenvalue weighted by Crippen LogP contribution is -2.19. The number of nitrogens with zero attached hydrogens (tertiary/aromatic N) is 2. The highest BCUT2D eigenvalue weighted by Gasteiger charge is 2.13. The van der Waals surface area contributed by atoms with Crippen LogP contribution < -0.4 is 14.9 Å². The third-order valence-electron chi connectivity index (χ3n) is 4.28. The smallest absolute Gasteiger partial charge is 0.274 e. The number of nitrogens with one attached hydrogen (secondary N) is 1. The predicted molar refractivity (Wildman–Crippen MR) is 127 cm³/mol. The number of hydrazone groups is 1. The maximum absolute atomic E-state index is 14.0. The number of nitriles is 1. The molecule has 0 atom stereocenters. The Morgan fingerprint density at radius 2 is 1.97 bits per heavy atom. The van der Waals surface area contributed by atoms with E-state index in [9.17, 15) is 9.18 Å². The zero-order chi connectivity index (χ0) is 22.9. The lowest BCUT2D eigenvalue weighted by Gasteiger charge is -2.14. The van der Waals surface area contributed by atoms with Crippen LogP contribution in [-0.2, 0) is 6.61 Å². The molecule has 6 nitrogen and oxygen atoms in total. The molecule has 1 amide bonds. The van der Waals surface area contributed by atoms with E-state index in [1.807, 2.05) is 49.4 Å².